The minimum atomic E-state index is -0.341. The number of hydrogen-bond donors (Lipinski definition) is 1. The molecule has 1 fully saturated rings. The molecule has 0 radical (unpaired) electrons. The third-order valence-electron chi connectivity index (χ3n) is 5.85. The largest absolute Gasteiger partial charge is 0.493 e. The lowest BCUT2D eigenvalue weighted by molar-refractivity contribution is -0.130. The molecule has 0 saturated carbocycles. The van der Waals surface area contributed by atoms with Crippen molar-refractivity contribution in [3.05, 3.63) is 58.8 Å². The molecular weight excluding hydrogens is 420 g/mol. The summed E-state index contributed by atoms with van der Waals surface area (Å²) in [5.74, 6) is 0.832. The molecule has 2 aromatic rings. The maximum atomic E-state index is 13.5. The number of carbonyl (C=O) groups excluding carboxylic acids is 2. The lowest BCUT2D eigenvalue weighted by Crippen LogP contribution is -2.45. The van der Waals surface area contributed by atoms with Gasteiger partial charge in [0.25, 0.3) is 11.8 Å². The Morgan fingerprint density at radius 1 is 1.00 bits per heavy atom. The van der Waals surface area contributed by atoms with Gasteiger partial charge in [0.2, 0.25) is 5.75 Å². The van der Waals surface area contributed by atoms with Crippen LogP contribution in [0.5, 0.6) is 17.2 Å². The van der Waals surface area contributed by atoms with Crippen molar-refractivity contribution in [2.24, 2.45) is 0 Å². The van der Waals surface area contributed by atoms with Gasteiger partial charge < -0.3 is 24.4 Å². The van der Waals surface area contributed by atoms with Crippen LogP contribution < -0.4 is 19.5 Å². The standard InChI is InChI=1S/C26H32N2O5/c1-17-9-11-20(12-10-17)25(29)27-21(26(30)28-13-7-6-8-18(28)2)14-19-15-22(31-3)24(33-5)23(16-19)32-4/h9-12,14-16,18H,6-8,13H2,1-5H3,(H,27,29)/b21-14-. The van der Waals surface area contributed by atoms with Crippen LogP contribution in [0.2, 0.25) is 0 Å². The number of likely N-dealkylation sites (tertiary alicyclic amines) is 1. The molecule has 0 spiro atoms. The molecule has 3 rings (SSSR count). The number of amides is 2. The highest BCUT2D eigenvalue weighted by Gasteiger charge is 2.27. The van der Waals surface area contributed by atoms with E-state index in [-0.39, 0.29) is 23.6 Å². The Labute approximate surface area is 195 Å². The van der Waals surface area contributed by atoms with Crippen LogP contribution in [-0.2, 0) is 4.79 Å². The first-order chi connectivity index (χ1) is 15.9. The maximum Gasteiger partial charge on any atom is 0.270 e. The van der Waals surface area contributed by atoms with Gasteiger partial charge in [0.1, 0.15) is 5.70 Å². The summed E-state index contributed by atoms with van der Waals surface area (Å²) in [7, 11) is 4.60. The molecule has 2 aromatic carbocycles. The van der Waals surface area contributed by atoms with Crippen LogP contribution in [0, 0.1) is 6.92 Å². The Morgan fingerprint density at radius 2 is 1.64 bits per heavy atom. The van der Waals surface area contributed by atoms with Gasteiger partial charge in [-0.15, -0.1) is 0 Å². The summed E-state index contributed by atoms with van der Waals surface area (Å²) in [4.78, 5) is 28.3. The monoisotopic (exact) mass is 452 g/mol. The third-order valence-corrected chi connectivity index (χ3v) is 5.85. The molecule has 0 aliphatic carbocycles. The first-order valence-electron chi connectivity index (χ1n) is 11.1. The second kappa shape index (κ2) is 10.9. The number of nitrogens with zero attached hydrogens (tertiary/aromatic N) is 1. The minimum Gasteiger partial charge on any atom is -0.493 e. The number of aryl methyl sites for hydroxylation is 1. The molecule has 1 heterocycles. The summed E-state index contributed by atoms with van der Waals surface area (Å²) in [6.07, 6.45) is 4.63. The highest BCUT2D eigenvalue weighted by molar-refractivity contribution is 6.05. The normalized spacial score (nSPS) is 16.2. The first kappa shape index (κ1) is 24.2. The number of benzene rings is 2. The molecule has 1 unspecified atom stereocenters. The van der Waals surface area contributed by atoms with Gasteiger partial charge in [0.05, 0.1) is 21.3 Å². The van der Waals surface area contributed by atoms with E-state index in [9.17, 15) is 9.59 Å². The molecule has 7 nitrogen and oxygen atoms in total. The summed E-state index contributed by atoms with van der Waals surface area (Å²) in [5, 5.41) is 2.84. The van der Waals surface area contributed by atoms with Crippen molar-refractivity contribution in [3.8, 4) is 17.2 Å². The highest BCUT2D eigenvalue weighted by atomic mass is 16.5. The Balaban J connectivity index is 2.02. The van der Waals surface area contributed by atoms with Gasteiger partial charge in [0, 0.05) is 18.2 Å². The molecule has 1 saturated heterocycles. The van der Waals surface area contributed by atoms with E-state index in [1.807, 2.05) is 30.9 Å². The number of nitrogens with one attached hydrogen (secondary N) is 1. The SMILES string of the molecule is COc1cc(/C=C(\NC(=O)c2ccc(C)cc2)C(=O)N2CCCCC2C)cc(OC)c1OC. The van der Waals surface area contributed by atoms with Crippen LogP contribution in [0.3, 0.4) is 0 Å². The van der Waals surface area contributed by atoms with Crippen LogP contribution in [-0.4, -0.2) is 50.6 Å². The van der Waals surface area contributed by atoms with E-state index in [2.05, 4.69) is 5.32 Å². The van der Waals surface area contributed by atoms with Crippen LogP contribution in [0.1, 0.15) is 47.7 Å². The zero-order valence-corrected chi connectivity index (χ0v) is 19.9. The van der Waals surface area contributed by atoms with Gasteiger partial charge in [-0.25, -0.2) is 0 Å². The molecule has 1 N–H and O–H groups in total. The van der Waals surface area contributed by atoms with Crippen LogP contribution in [0.25, 0.3) is 6.08 Å². The average Bonchev–Trinajstić information content (AvgIpc) is 2.83. The number of methoxy groups -OCH3 is 3. The summed E-state index contributed by atoms with van der Waals surface area (Å²) in [6.45, 7) is 4.65. The third kappa shape index (κ3) is 5.66. The summed E-state index contributed by atoms with van der Waals surface area (Å²) in [5.41, 5.74) is 2.37. The molecule has 176 valence electrons. The van der Waals surface area contributed by atoms with Crippen molar-refractivity contribution in [1.29, 1.82) is 0 Å². The number of hydrogen-bond acceptors (Lipinski definition) is 5. The minimum absolute atomic E-state index is 0.103. The van der Waals surface area contributed by atoms with E-state index in [0.29, 0.717) is 34.9 Å². The van der Waals surface area contributed by atoms with Gasteiger partial charge in [-0.05, 0) is 69.0 Å². The summed E-state index contributed by atoms with van der Waals surface area (Å²) in [6, 6.07) is 10.8. The Hall–Kier alpha value is -3.48. The summed E-state index contributed by atoms with van der Waals surface area (Å²) >= 11 is 0. The fourth-order valence-corrected chi connectivity index (χ4v) is 3.96. The second-order valence-corrected chi connectivity index (χ2v) is 8.18. The van der Waals surface area contributed by atoms with Crippen molar-refractivity contribution in [2.75, 3.05) is 27.9 Å². The van der Waals surface area contributed by atoms with E-state index in [1.165, 1.54) is 21.3 Å². The lowest BCUT2D eigenvalue weighted by Gasteiger charge is -2.34. The van der Waals surface area contributed by atoms with E-state index < -0.39 is 0 Å². The smallest absolute Gasteiger partial charge is 0.270 e. The number of ether oxygens (including phenoxy) is 3. The van der Waals surface area contributed by atoms with Crippen molar-refractivity contribution >= 4 is 17.9 Å². The van der Waals surface area contributed by atoms with E-state index >= 15 is 0 Å². The Bertz CT molecular complexity index is 1000. The van der Waals surface area contributed by atoms with Crippen molar-refractivity contribution in [1.82, 2.24) is 10.2 Å². The molecule has 2 amide bonds. The fourth-order valence-electron chi connectivity index (χ4n) is 3.96. The molecule has 0 aromatic heterocycles. The number of piperidine rings is 1. The van der Waals surface area contributed by atoms with Crippen LogP contribution in [0.4, 0.5) is 0 Å². The highest BCUT2D eigenvalue weighted by Crippen LogP contribution is 2.38. The van der Waals surface area contributed by atoms with Crippen molar-refractivity contribution < 1.29 is 23.8 Å². The molecule has 7 heteroatoms. The predicted octanol–water partition coefficient (Wildman–Crippen LogP) is 4.19. The molecule has 1 atom stereocenters. The number of rotatable bonds is 7. The van der Waals surface area contributed by atoms with Gasteiger partial charge in [0.15, 0.2) is 11.5 Å². The zero-order chi connectivity index (χ0) is 24.0. The van der Waals surface area contributed by atoms with Gasteiger partial charge >= 0.3 is 0 Å². The van der Waals surface area contributed by atoms with E-state index in [0.717, 1.165) is 24.8 Å². The van der Waals surface area contributed by atoms with Crippen molar-refractivity contribution in [3.63, 3.8) is 0 Å². The molecule has 1 aliphatic rings. The second-order valence-electron chi connectivity index (χ2n) is 8.18. The molecule has 0 bridgehead atoms. The first-order valence-corrected chi connectivity index (χ1v) is 11.1. The Kier molecular flexibility index (Phi) is 7.98. The average molecular weight is 453 g/mol. The predicted molar refractivity (Wildman–Crippen MR) is 128 cm³/mol. The summed E-state index contributed by atoms with van der Waals surface area (Å²) < 4.78 is 16.3. The van der Waals surface area contributed by atoms with E-state index in [1.54, 1.807) is 30.3 Å². The topological polar surface area (TPSA) is 77.1 Å². The van der Waals surface area contributed by atoms with Gasteiger partial charge in [-0.3, -0.25) is 9.59 Å². The molecule has 1 aliphatic heterocycles. The van der Waals surface area contributed by atoms with Crippen LogP contribution in [0.15, 0.2) is 42.1 Å². The van der Waals surface area contributed by atoms with Gasteiger partial charge in [-0.2, -0.15) is 0 Å². The Morgan fingerprint density at radius 3 is 2.18 bits per heavy atom. The maximum absolute atomic E-state index is 13.5. The fraction of sp³-hybridized carbons (Fsp3) is 0.385. The zero-order valence-electron chi connectivity index (χ0n) is 19.9. The molecular formula is C26H32N2O5. The van der Waals surface area contributed by atoms with E-state index in [4.69, 9.17) is 14.2 Å². The van der Waals surface area contributed by atoms with Gasteiger partial charge in [-0.1, -0.05) is 17.7 Å². The number of carbonyl (C=O) groups is 2. The molecule has 33 heavy (non-hydrogen) atoms. The quantitative estimate of drug-likeness (QED) is 0.638. The van der Waals surface area contributed by atoms with Crippen LogP contribution >= 0.6 is 0 Å². The lowest BCUT2D eigenvalue weighted by atomic mass is 10.0. The van der Waals surface area contributed by atoms with Crippen molar-refractivity contribution in [2.45, 2.75) is 39.2 Å².